The first-order chi connectivity index (χ1) is 8.48. The summed E-state index contributed by atoms with van der Waals surface area (Å²) < 4.78 is 22.2. The first-order valence-corrected chi connectivity index (χ1v) is 7.73. The van der Waals surface area contributed by atoms with Crippen LogP contribution in [0.5, 0.6) is 5.75 Å². The maximum Gasteiger partial charge on any atom is 0.323 e. The molecule has 0 saturated carbocycles. The molecule has 1 unspecified atom stereocenters. The Morgan fingerprint density at radius 2 is 2.00 bits per heavy atom. The fourth-order valence-electron chi connectivity index (χ4n) is 1.44. The Kier molecular flexibility index (Phi) is 5.38. The van der Waals surface area contributed by atoms with E-state index in [1.165, 1.54) is 13.8 Å². The van der Waals surface area contributed by atoms with Crippen LogP contribution in [0, 0.1) is 0 Å². The molecule has 18 heavy (non-hydrogen) atoms. The number of carbonyl (C=O) groups excluding carboxylic acids is 1. The Balaban J connectivity index is 2.69. The standard InChI is InChI=1S/C12H18NO4P/c1-4-11(12(14)16-2)13-18(3,15)17-10-8-6-5-7-9-10/h5-9,11H,4H2,1-3H3,(H,13,15)/t11-,18?/m0/s1. The van der Waals surface area contributed by atoms with E-state index >= 15 is 0 Å². The number of ether oxygens (including phenoxy) is 1. The van der Waals surface area contributed by atoms with E-state index in [0.29, 0.717) is 12.2 Å². The molecule has 2 atom stereocenters. The van der Waals surface area contributed by atoms with E-state index < -0.39 is 19.5 Å². The van der Waals surface area contributed by atoms with Gasteiger partial charge in [-0.2, -0.15) is 0 Å². The summed E-state index contributed by atoms with van der Waals surface area (Å²) in [7, 11) is -1.81. The molecular formula is C12H18NO4P. The molecule has 0 aliphatic heterocycles. The van der Waals surface area contributed by atoms with Gasteiger partial charge in [-0.1, -0.05) is 25.1 Å². The van der Waals surface area contributed by atoms with Crippen LogP contribution in [0.1, 0.15) is 13.3 Å². The molecule has 0 aromatic heterocycles. The van der Waals surface area contributed by atoms with Crippen molar-refractivity contribution >= 4 is 13.5 Å². The number of hydrogen-bond donors (Lipinski definition) is 1. The van der Waals surface area contributed by atoms with Crippen LogP contribution in [0.4, 0.5) is 0 Å². The molecule has 1 rings (SSSR count). The van der Waals surface area contributed by atoms with E-state index in [2.05, 4.69) is 9.82 Å². The van der Waals surface area contributed by atoms with Crippen molar-refractivity contribution in [2.24, 2.45) is 0 Å². The first kappa shape index (κ1) is 14.7. The number of esters is 1. The zero-order valence-corrected chi connectivity index (χ0v) is 11.6. The minimum atomic E-state index is -3.10. The predicted octanol–water partition coefficient (Wildman–Crippen LogP) is 2.43. The molecule has 0 spiro atoms. The maximum atomic E-state index is 12.2. The van der Waals surface area contributed by atoms with Crippen LogP contribution in [0.15, 0.2) is 30.3 Å². The second-order valence-electron chi connectivity index (χ2n) is 3.86. The topological polar surface area (TPSA) is 64.6 Å². The van der Waals surface area contributed by atoms with Crippen molar-refractivity contribution in [3.63, 3.8) is 0 Å². The van der Waals surface area contributed by atoms with Gasteiger partial charge in [0.2, 0.25) is 0 Å². The highest BCUT2D eigenvalue weighted by Gasteiger charge is 2.26. The monoisotopic (exact) mass is 271 g/mol. The largest absolute Gasteiger partial charge is 0.468 e. The molecule has 1 N–H and O–H groups in total. The summed E-state index contributed by atoms with van der Waals surface area (Å²) in [6, 6.07) is 8.19. The zero-order valence-electron chi connectivity index (χ0n) is 10.8. The van der Waals surface area contributed by atoms with E-state index in [1.807, 2.05) is 6.07 Å². The van der Waals surface area contributed by atoms with Gasteiger partial charge >= 0.3 is 13.5 Å². The van der Waals surface area contributed by atoms with Crippen molar-refractivity contribution in [2.75, 3.05) is 13.8 Å². The Hall–Kier alpha value is -1.32. The average Bonchev–Trinajstić information content (AvgIpc) is 2.35. The minimum Gasteiger partial charge on any atom is -0.468 e. The molecule has 5 nitrogen and oxygen atoms in total. The summed E-state index contributed by atoms with van der Waals surface area (Å²) in [5.74, 6) is 0.0480. The number of para-hydroxylation sites is 1. The summed E-state index contributed by atoms with van der Waals surface area (Å²) in [6.45, 7) is 3.24. The Bertz CT molecular complexity index is 435. The number of benzene rings is 1. The summed E-state index contributed by atoms with van der Waals surface area (Å²) in [5.41, 5.74) is 0. The number of nitrogens with one attached hydrogen (secondary N) is 1. The van der Waals surface area contributed by atoms with Gasteiger partial charge in [-0.25, -0.2) is 5.09 Å². The number of rotatable bonds is 6. The maximum absolute atomic E-state index is 12.2. The third-order valence-electron chi connectivity index (χ3n) is 2.31. The molecular weight excluding hydrogens is 253 g/mol. The normalized spacial score (nSPS) is 15.5. The van der Waals surface area contributed by atoms with Crippen LogP contribution in [0.25, 0.3) is 0 Å². The lowest BCUT2D eigenvalue weighted by atomic mass is 10.2. The zero-order chi connectivity index (χ0) is 13.6. The van der Waals surface area contributed by atoms with Crippen LogP contribution < -0.4 is 9.61 Å². The van der Waals surface area contributed by atoms with Gasteiger partial charge in [-0.05, 0) is 18.6 Å². The third-order valence-corrected chi connectivity index (χ3v) is 3.65. The quantitative estimate of drug-likeness (QED) is 0.636. The molecule has 0 bridgehead atoms. The Morgan fingerprint density at radius 1 is 1.39 bits per heavy atom. The molecule has 0 aliphatic carbocycles. The van der Waals surface area contributed by atoms with Crippen molar-refractivity contribution in [2.45, 2.75) is 19.4 Å². The second kappa shape index (κ2) is 6.57. The first-order valence-electron chi connectivity index (χ1n) is 5.66. The van der Waals surface area contributed by atoms with Crippen LogP contribution in [-0.2, 0) is 14.1 Å². The van der Waals surface area contributed by atoms with Crippen molar-refractivity contribution in [3.8, 4) is 5.75 Å². The fourth-order valence-corrected chi connectivity index (χ4v) is 2.88. The molecule has 6 heteroatoms. The van der Waals surface area contributed by atoms with Crippen LogP contribution in [-0.4, -0.2) is 25.8 Å². The number of carbonyl (C=O) groups is 1. The van der Waals surface area contributed by atoms with Gasteiger partial charge in [-0.3, -0.25) is 9.36 Å². The lowest BCUT2D eigenvalue weighted by Crippen LogP contribution is -2.35. The molecule has 1 aromatic rings. The van der Waals surface area contributed by atoms with Crippen molar-refractivity contribution in [1.29, 1.82) is 0 Å². The molecule has 0 fully saturated rings. The third kappa shape index (κ3) is 4.51. The van der Waals surface area contributed by atoms with Gasteiger partial charge in [0.05, 0.1) is 7.11 Å². The lowest BCUT2D eigenvalue weighted by molar-refractivity contribution is -0.142. The smallest absolute Gasteiger partial charge is 0.323 e. The van der Waals surface area contributed by atoms with E-state index in [-0.39, 0.29) is 0 Å². The summed E-state index contributed by atoms with van der Waals surface area (Å²) in [4.78, 5) is 11.4. The van der Waals surface area contributed by atoms with Crippen molar-refractivity contribution in [3.05, 3.63) is 30.3 Å². The van der Waals surface area contributed by atoms with Crippen LogP contribution in [0.2, 0.25) is 0 Å². The summed E-state index contributed by atoms with van der Waals surface area (Å²) in [5, 5.41) is 2.70. The molecule has 0 heterocycles. The Labute approximate surface area is 107 Å². The average molecular weight is 271 g/mol. The molecule has 0 aliphatic rings. The van der Waals surface area contributed by atoms with Crippen LogP contribution in [0.3, 0.4) is 0 Å². The van der Waals surface area contributed by atoms with Gasteiger partial charge in [0.15, 0.2) is 0 Å². The van der Waals surface area contributed by atoms with E-state index in [0.717, 1.165) is 0 Å². The molecule has 1 aromatic carbocycles. The molecule has 100 valence electrons. The van der Waals surface area contributed by atoms with Crippen LogP contribution >= 0.6 is 7.52 Å². The van der Waals surface area contributed by atoms with E-state index in [4.69, 9.17) is 4.52 Å². The van der Waals surface area contributed by atoms with E-state index in [1.54, 1.807) is 31.2 Å². The fraction of sp³-hybridized carbons (Fsp3) is 0.417. The minimum absolute atomic E-state index is 0.448. The van der Waals surface area contributed by atoms with Crippen molar-refractivity contribution < 1.29 is 18.6 Å². The predicted molar refractivity (Wildman–Crippen MR) is 69.8 cm³/mol. The highest BCUT2D eigenvalue weighted by molar-refractivity contribution is 7.56. The Morgan fingerprint density at radius 3 is 2.50 bits per heavy atom. The summed E-state index contributed by atoms with van der Waals surface area (Å²) in [6.07, 6.45) is 0.475. The lowest BCUT2D eigenvalue weighted by Gasteiger charge is -2.21. The number of hydrogen-bond acceptors (Lipinski definition) is 4. The van der Waals surface area contributed by atoms with E-state index in [9.17, 15) is 9.36 Å². The molecule has 0 saturated heterocycles. The SMILES string of the molecule is CC[C@H](NP(C)(=O)Oc1ccccc1)C(=O)OC. The van der Waals surface area contributed by atoms with Gasteiger partial charge in [0.25, 0.3) is 0 Å². The van der Waals surface area contributed by atoms with Gasteiger partial charge < -0.3 is 9.26 Å². The van der Waals surface area contributed by atoms with Gasteiger partial charge in [0.1, 0.15) is 11.8 Å². The highest BCUT2D eigenvalue weighted by Crippen LogP contribution is 2.39. The van der Waals surface area contributed by atoms with Gasteiger partial charge in [0, 0.05) is 6.66 Å². The van der Waals surface area contributed by atoms with Gasteiger partial charge in [-0.15, -0.1) is 0 Å². The second-order valence-corrected chi connectivity index (χ2v) is 6.00. The number of methoxy groups -OCH3 is 1. The molecule has 0 radical (unpaired) electrons. The summed E-state index contributed by atoms with van der Waals surface area (Å²) >= 11 is 0. The molecule has 0 amide bonds. The highest BCUT2D eigenvalue weighted by atomic mass is 31.2. The van der Waals surface area contributed by atoms with Crippen molar-refractivity contribution in [1.82, 2.24) is 5.09 Å².